The zero-order valence-corrected chi connectivity index (χ0v) is 12.9. The maximum atomic E-state index is 11.5. The minimum atomic E-state index is -0.985. The number of nitrogens with zero attached hydrogens (tertiary/aromatic N) is 1. The van der Waals surface area contributed by atoms with Gasteiger partial charge in [-0.05, 0) is 24.8 Å². The molecule has 1 aliphatic rings. The van der Waals surface area contributed by atoms with Gasteiger partial charge >= 0.3 is 5.97 Å². The van der Waals surface area contributed by atoms with Crippen molar-refractivity contribution in [3.63, 3.8) is 0 Å². The van der Waals surface area contributed by atoms with E-state index in [2.05, 4.69) is 11.4 Å². The zero-order valence-electron chi connectivity index (χ0n) is 12.0. The van der Waals surface area contributed by atoms with Crippen molar-refractivity contribution in [2.24, 2.45) is 5.41 Å². The summed E-state index contributed by atoms with van der Waals surface area (Å²) >= 11 is 1.59. The lowest BCUT2D eigenvalue weighted by Gasteiger charge is -2.27. The quantitative estimate of drug-likeness (QED) is 0.814. The molecule has 2 atom stereocenters. The van der Waals surface area contributed by atoms with Gasteiger partial charge in [0.15, 0.2) is 0 Å². The van der Waals surface area contributed by atoms with Gasteiger partial charge in [0.25, 0.3) is 0 Å². The van der Waals surface area contributed by atoms with Crippen molar-refractivity contribution in [2.75, 3.05) is 24.3 Å². The van der Waals surface area contributed by atoms with Crippen LogP contribution in [0.5, 0.6) is 0 Å². The first-order chi connectivity index (χ1) is 10.0. The molecule has 0 saturated carbocycles. The smallest absolute Gasteiger partial charge is 0.313 e. The Morgan fingerprint density at radius 2 is 2.43 bits per heavy atom. The molecule has 0 spiro atoms. The molecule has 112 valence electrons. The number of nitriles is 1. The largest absolute Gasteiger partial charge is 0.481 e. The summed E-state index contributed by atoms with van der Waals surface area (Å²) in [6, 6.07) is 7.43. The molecule has 1 heterocycles. The van der Waals surface area contributed by atoms with E-state index in [0.29, 0.717) is 17.9 Å². The fourth-order valence-electron chi connectivity index (χ4n) is 2.32. The molecule has 5 nitrogen and oxygen atoms in total. The van der Waals surface area contributed by atoms with E-state index in [0.717, 1.165) is 10.6 Å². The van der Waals surface area contributed by atoms with Crippen molar-refractivity contribution >= 4 is 23.4 Å². The van der Waals surface area contributed by atoms with Crippen molar-refractivity contribution in [3.05, 3.63) is 23.8 Å². The maximum Gasteiger partial charge on any atom is 0.313 e. The third-order valence-electron chi connectivity index (χ3n) is 3.71. The van der Waals surface area contributed by atoms with Crippen LogP contribution in [0.4, 0.5) is 5.69 Å². The summed E-state index contributed by atoms with van der Waals surface area (Å²) in [4.78, 5) is 12.4. The first-order valence-corrected chi connectivity index (χ1v) is 7.75. The summed E-state index contributed by atoms with van der Waals surface area (Å²) in [6.07, 6.45) is 0. The number of carbonyl (C=O) groups is 1. The number of hydrogen-bond acceptors (Lipinski definition) is 5. The Morgan fingerprint density at radius 1 is 1.67 bits per heavy atom. The first-order valence-electron chi connectivity index (χ1n) is 6.76. The van der Waals surface area contributed by atoms with Crippen LogP contribution in [-0.4, -0.2) is 36.1 Å². The third kappa shape index (κ3) is 2.99. The van der Waals surface area contributed by atoms with E-state index in [9.17, 15) is 15.2 Å². The first kappa shape index (κ1) is 15.7. The lowest BCUT2D eigenvalue weighted by atomic mass is 9.85. The molecule has 0 aliphatic carbocycles. The molecule has 2 rings (SSSR count). The number of benzene rings is 1. The van der Waals surface area contributed by atoms with Gasteiger partial charge in [0, 0.05) is 4.90 Å². The molecule has 1 saturated heterocycles. The Hall–Kier alpha value is -1.71. The summed E-state index contributed by atoms with van der Waals surface area (Å²) < 4.78 is 5.33. The number of carboxylic acid groups (broad SMARTS) is 1. The standard InChI is InChI=1S/C15H18N2O3S/c1-3-21-12-6-4-5-11(10(12)7-16)17-13-8-20-9-15(13,2)14(18)19/h4-6,13,17H,3,8-9H2,1-2H3,(H,18,19). The van der Waals surface area contributed by atoms with Crippen LogP contribution in [0.25, 0.3) is 0 Å². The highest BCUT2D eigenvalue weighted by Crippen LogP contribution is 2.34. The topological polar surface area (TPSA) is 82.3 Å². The number of aliphatic carboxylic acids is 1. The van der Waals surface area contributed by atoms with Crippen LogP contribution in [0.2, 0.25) is 0 Å². The van der Waals surface area contributed by atoms with Gasteiger partial charge in [-0.1, -0.05) is 13.0 Å². The summed E-state index contributed by atoms with van der Waals surface area (Å²) in [5.74, 6) is -0.0209. The normalized spacial score (nSPS) is 24.5. The highest BCUT2D eigenvalue weighted by atomic mass is 32.2. The number of hydrogen-bond donors (Lipinski definition) is 2. The predicted octanol–water partition coefficient (Wildman–Crippen LogP) is 2.57. The Kier molecular flexibility index (Phi) is 4.76. The SMILES string of the molecule is CCSc1cccc(NC2COCC2(C)C(=O)O)c1C#N. The summed E-state index contributed by atoms with van der Waals surface area (Å²) in [5, 5.41) is 22.0. The van der Waals surface area contributed by atoms with Crippen molar-refractivity contribution in [1.82, 2.24) is 0 Å². The van der Waals surface area contributed by atoms with Crippen LogP contribution in [-0.2, 0) is 9.53 Å². The van der Waals surface area contributed by atoms with Crippen LogP contribution >= 0.6 is 11.8 Å². The van der Waals surface area contributed by atoms with Crippen molar-refractivity contribution in [1.29, 1.82) is 5.26 Å². The molecule has 0 aromatic heterocycles. The molecule has 1 aromatic carbocycles. The predicted molar refractivity (Wildman–Crippen MR) is 81.5 cm³/mol. The van der Waals surface area contributed by atoms with E-state index in [1.807, 2.05) is 19.1 Å². The Bertz CT molecular complexity index is 585. The number of nitrogens with one attached hydrogen (secondary N) is 1. The lowest BCUT2D eigenvalue weighted by molar-refractivity contribution is -0.148. The van der Waals surface area contributed by atoms with Crippen LogP contribution < -0.4 is 5.32 Å². The zero-order chi connectivity index (χ0) is 15.5. The van der Waals surface area contributed by atoms with Crippen molar-refractivity contribution in [3.8, 4) is 6.07 Å². The molecule has 21 heavy (non-hydrogen) atoms. The number of ether oxygens (including phenoxy) is 1. The molecule has 0 bridgehead atoms. The molecule has 6 heteroatoms. The number of carboxylic acids is 1. The molecule has 2 N–H and O–H groups in total. The fraction of sp³-hybridized carbons (Fsp3) is 0.467. The Labute approximate surface area is 128 Å². The van der Waals surface area contributed by atoms with Crippen molar-refractivity contribution < 1.29 is 14.6 Å². The van der Waals surface area contributed by atoms with Gasteiger partial charge in [0.05, 0.1) is 30.5 Å². The molecule has 0 radical (unpaired) electrons. The summed E-state index contributed by atoms with van der Waals surface area (Å²) in [6.45, 7) is 4.18. The lowest BCUT2D eigenvalue weighted by Crippen LogP contribution is -2.43. The molecule has 0 amide bonds. The van der Waals surface area contributed by atoms with Gasteiger partial charge in [-0.3, -0.25) is 4.79 Å². The molecule has 1 aromatic rings. The van der Waals surface area contributed by atoms with Gasteiger partial charge in [-0.2, -0.15) is 5.26 Å². The van der Waals surface area contributed by atoms with Gasteiger partial charge in [0.1, 0.15) is 11.5 Å². The monoisotopic (exact) mass is 306 g/mol. The van der Waals surface area contributed by atoms with Crippen molar-refractivity contribution in [2.45, 2.75) is 24.8 Å². The maximum absolute atomic E-state index is 11.5. The van der Waals surface area contributed by atoms with Crippen LogP contribution in [0.1, 0.15) is 19.4 Å². The van der Waals surface area contributed by atoms with Gasteiger partial charge in [-0.15, -0.1) is 11.8 Å². The Morgan fingerprint density at radius 3 is 3.05 bits per heavy atom. The molecule has 2 unspecified atom stereocenters. The van der Waals surface area contributed by atoms with Gasteiger partial charge < -0.3 is 15.2 Å². The van der Waals surface area contributed by atoms with Crippen LogP contribution in [0.15, 0.2) is 23.1 Å². The number of anilines is 1. The molecule has 1 aliphatic heterocycles. The van der Waals surface area contributed by atoms with Gasteiger partial charge in [-0.25, -0.2) is 0 Å². The summed E-state index contributed by atoms with van der Waals surface area (Å²) in [5.41, 5.74) is 0.239. The number of rotatable bonds is 5. The minimum Gasteiger partial charge on any atom is -0.481 e. The van der Waals surface area contributed by atoms with Crippen LogP contribution in [0, 0.1) is 16.7 Å². The average molecular weight is 306 g/mol. The second kappa shape index (κ2) is 6.37. The van der Waals surface area contributed by atoms with E-state index in [1.54, 1.807) is 24.8 Å². The van der Waals surface area contributed by atoms with E-state index < -0.39 is 11.4 Å². The minimum absolute atomic E-state index is 0.172. The number of thioether (sulfide) groups is 1. The van der Waals surface area contributed by atoms with Gasteiger partial charge in [0.2, 0.25) is 0 Å². The Balaban J connectivity index is 2.30. The molecular weight excluding hydrogens is 288 g/mol. The fourth-order valence-corrected chi connectivity index (χ4v) is 3.10. The second-order valence-corrected chi connectivity index (χ2v) is 6.46. The molecular formula is C15H18N2O3S. The highest BCUT2D eigenvalue weighted by Gasteiger charge is 2.46. The highest BCUT2D eigenvalue weighted by molar-refractivity contribution is 7.99. The van der Waals surface area contributed by atoms with E-state index >= 15 is 0 Å². The average Bonchev–Trinajstić information content (AvgIpc) is 2.82. The third-order valence-corrected chi connectivity index (χ3v) is 4.65. The van der Waals surface area contributed by atoms with E-state index in [-0.39, 0.29) is 12.6 Å². The van der Waals surface area contributed by atoms with E-state index in [4.69, 9.17) is 4.74 Å². The second-order valence-electron chi connectivity index (χ2n) is 5.16. The molecule has 1 fully saturated rings. The van der Waals surface area contributed by atoms with Crippen LogP contribution in [0.3, 0.4) is 0 Å². The van der Waals surface area contributed by atoms with E-state index in [1.165, 1.54) is 0 Å². The summed E-state index contributed by atoms with van der Waals surface area (Å²) in [7, 11) is 0.